The maximum absolute atomic E-state index is 17.1. The normalized spacial score (nSPS) is 23.8. The Kier molecular flexibility index (Phi) is 10.7. The van der Waals surface area contributed by atoms with Gasteiger partial charge in [-0.25, -0.2) is 13.8 Å². The summed E-state index contributed by atoms with van der Waals surface area (Å²) < 4.78 is 95.0. The van der Waals surface area contributed by atoms with E-state index in [9.17, 15) is 22.8 Å². The smallest absolute Gasteiger partial charge is 0.417 e. The van der Waals surface area contributed by atoms with Gasteiger partial charge in [0.15, 0.2) is 5.82 Å². The van der Waals surface area contributed by atoms with Crippen molar-refractivity contribution in [3.63, 3.8) is 0 Å². The summed E-state index contributed by atoms with van der Waals surface area (Å²) >= 11 is 0. The third-order valence-electron chi connectivity index (χ3n) is 12.6. The number of nitriles is 1. The summed E-state index contributed by atoms with van der Waals surface area (Å²) in [6.45, 7) is 5.24. The zero-order valence-electron chi connectivity index (χ0n) is 33.7. The summed E-state index contributed by atoms with van der Waals surface area (Å²) in [6, 6.07) is 18.5. The minimum Gasteiger partial charge on any atom is -0.474 e. The number of hydrogen-bond donors (Lipinski definition) is 3. The van der Waals surface area contributed by atoms with Gasteiger partial charge in [0, 0.05) is 30.7 Å². The van der Waals surface area contributed by atoms with E-state index < -0.39 is 57.5 Å². The largest absolute Gasteiger partial charge is 0.474 e. The number of hydrogen-bond acceptors (Lipinski definition) is 11. The summed E-state index contributed by atoms with van der Waals surface area (Å²) in [6.07, 6.45) is -0.903. The predicted molar refractivity (Wildman–Crippen MR) is 219 cm³/mol. The SMILES string of the molecule is Cc1c(F)c(N)cc(-c2nc3c4c(nc(OC[C@@]56CCCN5C[C@H](OCc5ccc(-c7ccccc7C#N)cc5)C6)nc4c2F)NC[C@H]2CC[C@@H](C[C@H](C)O3)N2)c1C(F)(F)F. The monoisotopic (exact) mass is 840 g/mol. The Labute approximate surface area is 349 Å². The number of fused-ring (bicyclic) bond motifs is 3. The number of nitrogens with zero attached hydrogens (tertiary/aromatic N) is 5. The molecule has 4 aliphatic heterocycles. The number of benzene rings is 3. The molecule has 0 aliphatic carbocycles. The second-order valence-corrected chi connectivity index (χ2v) is 16.7. The molecule has 16 heteroatoms. The first kappa shape index (κ1) is 40.8. The number of rotatable bonds is 8. The highest BCUT2D eigenvalue weighted by atomic mass is 19.4. The van der Waals surface area contributed by atoms with Crippen LogP contribution in [0.5, 0.6) is 11.9 Å². The van der Waals surface area contributed by atoms with Gasteiger partial charge in [0.05, 0.1) is 47.2 Å². The van der Waals surface area contributed by atoms with Gasteiger partial charge in [0.25, 0.3) is 0 Å². The molecule has 61 heavy (non-hydrogen) atoms. The number of nitrogen functional groups attached to an aromatic ring is 1. The highest BCUT2D eigenvalue weighted by Crippen LogP contribution is 2.46. The Hall–Kier alpha value is -5.63. The van der Waals surface area contributed by atoms with E-state index in [0.29, 0.717) is 38.1 Å². The van der Waals surface area contributed by atoms with Gasteiger partial charge >= 0.3 is 12.2 Å². The van der Waals surface area contributed by atoms with Gasteiger partial charge in [-0.15, -0.1) is 0 Å². The van der Waals surface area contributed by atoms with E-state index in [1.165, 1.54) is 0 Å². The molecule has 5 aromatic rings. The molecule has 3 aromatic carbocycles. The van der Waals surface area contributed by atoms with Crippen LogP contribution in [0.4, 0.5) is 33.5 Å². The van der Waals surface area contributed by atoms with Crippen molar-refractivity contribution in [1.82, 2.24) is 25.2 Å². The van der Waals surface area contributed by atoms with Gasteiger partial charge in [-0.05, 0) is 93.3 Å². The van der Waals surface area contributed by atoms with E-state index in [-0.39, 0.29) is 53.4 Å². The Balaban J connectivity index is 1.02. The lowest BCUT2D eigenvalue weighted by Crippen LogP contribution is -2.43. The molecule has 11 nitrogen and oxygen atoms in total. The van der Waals surface area contributed by atoms with Gasteiger partial charge in [0.2, 0.25) is 5.88 Å². The fraction of sp³-hybridized carbons (Fsp3) is 0.422. The first-order valence-corrected chi connectivity index (χ1v) is 20.6. The summed E-state index contributed by atoms with van der Waals surface area (Å²) in [5, 5.41) is 16.5. The average Bonchev–Trinajstić information content (AvgIpc) is 3.95. The molecule has 4 N–H and O–H groups in total. The van der Waals surface area contributed by atoms with Crippen LogP contribution in [0.1, 0.15) is 67.7 Å². The topological polar surface area (TPSA) is 143 Å². The van der Waals surface area contributed by atoms with Crippen molar-refractivity contribution in [2.24, 2.45) is 0 Å². The summed E-state index contributed by atoms with van der Waals surface area (Å²) in [4.78, 5) is 15.9. The molecule has 5 atom stereocenters. The van der Waals surface area contributed by atoms with E-state index in [1.807, 2.05) is 49.4 Å². The minimum atomic E-state index is -5.08. The fourth-order valence-electron chi connectivity index (χ4n) is 9.66. The van der Waals surface area contributed by atoms with Crippen molar-refractivity contribution >= 4 is 22.4 Å². The minimum absolute atomic E-state index is 0.0517. The number of halogens is 5. The number of nitrogens with two attached hydrogens (primary N) is 1. The van der Waals surface area contributed by atoms with E-state index in [2.05, 4.69) is 31.6 Å². The zero-order chi connectivity index (χ0) is 42.6. The van der Waals surface area contributed by atoms with E-state index in [1.54, 1.807) is 6.07 Å². The predicted octanol–water partition coefficient (Wildman–Crippen LogP) is 8.32. The van der Waals surface area contributed by atoms with Crippen molar-refractivity contribution in [3.05, 3.63) is 88.5 Å². The zero-order valence-corrected chi connectivity index (χ0v) is 33.7. The molecule has 9 rings (SSSR count). The van der Waals surface area contributed by atoms with Crippen LogP contribution < -0.4 is 25.8 Å². The highest BCUT2D eigenvalue weighted by molar-refractivity contribution is 5.97. The standard InChI is InChI=1S/C45H45F5N8O3/c1-24-16-29-12-13-30(54-29)20-53-41-35-40(38(47)39(55-42(35)61-24)33-17-34(52)37(46)25(2)36(33)45(48,49)50)56-43(57-41)60-23-44-14-5-15-58(44)21-31(18-44)59-22-26-8-10-27(11-9-26)32-7-4-3-6-28(32)19-51/h3-4,6-11,17,24,29-31,54H,5,12-16,18,20-23,52H2,1-2H3,(H,53,56,57)/t24-,29-,30+,31+,44-/m0/s1. The van der Waals surface area contributed by atoms with Crippen molar-refractivity contribution in [1.29, 1.82) is 5.26 Å². The van der Waals surface area contributed by atoms with Crippen molar-refractivity contribution < 1.29 is 36.2 Å². The Bertz CT molecular complexity index is 2530. The van der Waals surface area contributed by atoms with Crippen molar-refractivity contribution in [3.8, 4) is 40.3 Å². The highest BCUT2D eigenvalue weighted by Gasteiger charge is 2.50. The lowest BCUT2D eigenvalue weighted by molar-refractivity contribution is -0.137. The first-order chi connectivity index (χ1) is 29.3. The second-order valence-electron chi connectivity index (χ2n) is 16.7. The van der Waals surface area contributed by atoms with Crippen molar-refractivity contribution in [2.75, 3.05) is 37.3 Å². The average molecular weight is 841 g/mol. The number of pyridine rings is 1. The fourth-order valence-corrected chi connectivity index (χ4v) is 9.66. The molecule has 6 heterocycles. The molecule has 0 unspecified atom stereocenters. The lowest BCUT2D eigenvalue weighted by Gasteiger charge is -2.31. The third-order valence-corrected chi connectivity index (χ3v) is 12.6. The van der Waals surface area contributed by atoms with Crippen LogP contribution in [0.25, 0.3) is 33.3 Å². The van der Waals surface area contributed by atoms with Gasteiger partial charge in [-0.2, -0.15) is 28.4 Å². The van der Waals surface area contributed by atoms with Gasteiger partial charge in [-0.3, -0.25) is 4.90 Å². The van der Waals surface area contributed by atoms with Gasteiger partial charge < -0.3 is 30.6 Å². The molecular formula is C45H45F5N8O3. The van der Waals surface area contributed by atoms with Crippen LogP contribution in [0.15, 0.2) is 54.6 Å². The molecule has 0 radical (unpaired) electrons. The van der Waals surface area contributed by atoms with E-state index >= 15 is 4.39 Å². The Morgan fingerprint density at radius 2 is 1.82 bits per heavy atom. The lowest BCUT2D eigenvalue weighted by atomic mass is 9.94. The number of alkyl halides is 3. The summed E-state index contributed by atoms with van der Waals surface area (Å²) in [5.41, 5.74) is 4.25. The van der Waals surface area contributed by atoms with E-state index in [4.69, 9.17) is 24.9 Å². The van der Waals surface area contributed by atoms with Crippen LogP contribution in [-0.2, 0) is 17.5 Å². The molecule has 0 saturated carbocycles. The summed E-state index contributed by atoms with van der Waals surface area (Å²) in [5.74, 6) is -2.44. The van der Waals surface area contributed by atoms with Crippen LogP contribution in [-0.4, -0.2) is 75.9 Å². The maximum Gasteiger partial charge on any atom is 0.417 e. The third kappa shape index (κ3) is 7.79. The number of aromatic nitrogens is 3. The number of ether oxygens (including phenoxy) is 3. The van der Waals surface area contributed by atoms with Crippen LogP contribution in [0, 0.1) is 29.9 Å². The molecule has 2 aromatic heterocycles. The molecule has 3 saturated heterocycles. The Morgan fingerprint density at radius 1 is 1.03 bits per heavy atom. The van der Waals surface area contributed by atoms with Gasteiger partial charge in [0.1, 0.15) is 34.8 Å². The van der Waals surface area contributed by atoms with Crippen LogP contribution in [0.3, 0.4) is 0 Å². The maximum atomic E-state index is 17.1. The van der Waals surface area contributed by atoms with Crippen molar-refractivity contribution in [2.45, 2.75) is 95.0 Å². The Morgan fingerprint density at radius 3 is 2.61 bits per heavy atom. The van der Waals surface area contributed by atoms with Crippen LogP contribution in [0.2, 0.25) is 0 Å². The molecule has 2 bridgehead atoms. The summed E-state index contributed by atoms with van der Waals surface area (Å²) in [7, 11) is 0. The number of nitrogens with one attached hydrogen (secondary N) is 2. The molecular weight excluding hydrogens is 796 g/mol. The quantitative estimate of drug-likeness (QED) is 0.103. The first-order valence-electron chi connectivity index (χ1n) is 20.6. The molecule has 3 fully saturated rings. The molecule has 0 amide bonds. The van der Waals surface area contributed by atoms with Gasteiger partial charge in [-0.1, -0.05) is 42.5 Å². The van der Waals surface area contributed by atoms with Crippen LogP contribution >= 0.6 is 0 Å². The molecule has 318 valence electrons. The van der Waals surface area contributed by atoms with E-state index in [0.717, 1.165) is 61.9 Å². The second kappa shape index (κ2) is 16.0. The molecule has 0 spiro atoms. The molecule has 4 aliphatic rings. The number of anilines is 2.